The summed E-state index contributed by atoms with van der Waals surface area (Å²) in [6.07, 6.45) is -1.99. The van der Waals surface area contributed by atoms with E-state index in [2.05, 4.69) is 4.98 Å². The van der Waals surface area contributed by atoms with Crippen molar-refractivity contribution < 1.29 is 49.6 Å². The van der Waals surface area contributed by atoms with Crippen LogP contribution in [0.15, 0.2) is 84.9 Å². The number of aromatic amines is 1. The van der Waals surface area contributed by atoms with Gasteiger partial charge in [-0.25, -0.2) is 4.79 Å². The van der Waals surface area contributed by atoms with Crippen LogP contribution in [0.3, 0.4) is 0 Å². The maximum atomic E-state index is 14.3. The largest absolute Gasteiger partial charge is 0.508 e. The van der Waals surface area contributed by atoms with Crippen molar-refractivity contribution >= 4 is 38.4 Å². The number of phenolic OH excluding ortho intramolecular Hbond substituents is 1. The monoisotopic (exact) mass is 679 g/mol. The molecule has 50 heavy (non-hydrogen) atoms. The Morgan fingerprint density at radius 1 is 0.940 bits per heavy atom. The number of aliphatic hydroxyl groups excluding tert-OH is 3. The van der Waals surface area contributed by atoms with Crippen LogP contribution in [0.25, 0.3) is 32.4 Å². The molecule has 2 aliphatic carbocycles. The van der Waals surface area contributed by atoms with Crippen LogP contribution in [-0.4, -0.2) is 83.5 Å². The number of rotatable bonds is 5. The number of carbonyl (C=O) groups excluding carboxylic acids is 1. The zero-order chi connectivity index (χ0) is 34.5. The number of esters is 1. The van der Waals surface area contributed by atoms with E-state index in [4.69, 9.17) is 14.2 Å². The zero-order valence-electron chi connectivity index (χ0n) is 26.8. The van der Waals surface area contributed by atoms with Gasteiger partial charge < -0.3 is 49.8 Å². The second-order valence-electron chi connectivity index (χ2n) is 14.2. The van der Waals surface area contributed by atoms with Gasteiger partial charge in [-0.05, 0) is 82.6 Å². The Morgan fingerprint density at radius 2 is 1.70 bits per heavy atom. The van der Waals surface area contributed by atoms with Gasteiger partial charge in [0.15, 0.2) is 17.5 Å². The minimum atomic E-state index is -2.60. The number of phenols is 1. The van der Waals surface area contributed by atoms with E-state index in [9.17, 15) is 35.4 Å². The Morgan fingerprint density at radius 3 is 2.46 bits per heavy atom. The average molecular weight is 680 g/mol. The number of H-pyrrole nitrogens is 1. The van der Waals surface area contributed by atoms with Crippen LogP contribution >= 0.6 is 0 Å². The third-order valence-corrected chi connectivity index (χ3v) is 11.6. The van der Waals surface area contributed by atoms with Crippen molar-refractivity contribution in [2.75, 3.05) is 0 Å². The van der Waals surface area contributed by atoms with Gasteiger partial charge in [0, 0.05) is 11.8 Å². The summed E-state index contributed by atoms with van der Waals surface area (Å²) in [5.74, 6) is -5.02. The highest BCUT2D eigenvalue weighted by atomic mass is 16.7. The van der Waals surface area contributed by atoms with Crippen LogP contribution in [0, 0.1) is 17.8 Å². The Kier molecular flexibility index (Phi) is 7.18. The highest BCUT2D eigenvalue weighted by Crippen LogP contribution is 2.59. The van der Waals surface area contributed by atoms with Crippen LogP contribution in [-0.2, 0) is 27.3 Å². The number of aliphatic hydroxyl groups is 5. The number of fused-ring (bicyclic) bond motifs is 6. The number of hydrogen-bond acceptors (Lipinski definition) is 10. The summed E-state index contributed by atoms with van der Waals surface area (Å²) >= 11 is 0. The molecule has 3 fully saturated rings. The van der Waals surface area contributed by atoms with Gasteiger partial charge in [-0.1, -0.05) is 54.6 Å². The van der Waals surface area contributed by atoms with E-state index < -0.39 is 66.3 Å². The fourth-order valence-corrected chi connectivity index (χ4v) is 9.14. The van der Waals surface area contributed by atoms with Crippen molar-refractivity contribution in [2.24, 2.45) is 17.8 Å². The first-order valence-electron chi connectivity index (χ1n) is 17.0. The van der Waals surface area contributed by atoms with Crippen LogP contribution in [0.4, 0.5) is 0 Å². The molecule has 9 rings (SSSR count). The summed E-state index contributed by atoms with van der Waals surface area (Å²) in [5.41, 5.74) is -0.501. The molecule has 4 aliphatic rings. The number of nitrogens with one attached hydrogen (secondary N) is 1. The summed E-state index contributed by atoms with van der Waals surface area (Å²) < 4.78 is 18.7. The molecule has 10 atom stereocenters. The van der Waals surface area contributed by atoms with Gasteiger partial charge >= 0.3 is 5.97 Å². The minimum absolute atomic E-state index is 0.0769. The molecule has 2 saturated heterocycles. The number of aromatic nitrogens is 1. The third-order valence-electron chi connectivity index (χ3n) is 11.6. The van der Waals surface area contributed by atoms with Gasteiger partial charge in [0.25, 0.3) is 0 Å². The second kappa shape index (κ2) is 11.3. The van der Waals surface area contributed by atoms with Crippen molar-refractivity contribution in [2.45, 2.75) is 67.8 Å². The molecule has 5 aromatic rings. The summed E-state index contributed by atoms with van der Waals surface area (Å²) in [4.78, 5) is 17.5. The Hall–Kier alpha value is -4.33. The molecule has 1 aromatic heterocycles. The van der Waals surface area contributed by atoms with E-state index in [0.717, 1.165) is 27.1 Å². The van der Waals surface area contributed by atoms with Crippen LogP contribution < -0.4 is 4.74 Å². The lowest BCUT2D eigenvalue weighted by atomic mass is 9.58. The quantitative estimate of drug-likeness (QED) is 0.0827. The summed E-state index contributed by atoms with van der Waals surface area (Å²) in [6.45, 7) is -0.475. The van der Waals surface area contributed by atoms with Crippen molar-refractivity contribution in [3.63, 3.8) is 0 Å². The predicted octanol–water partition coefficient (Wildman–Crippen LogP) is 3.34. The van der Waals surface area contributed by atoms with E-state index >= 15 is 0 Å². The summed E-state index contributed by atoms with van der Waals surface area (Å²) in [7, 11) is 0. The molecule has 258 valence electrons. The van der Waals surface area contributed by atoms with Gasteiger partial charge in [0.2, 0.25) is 5.79 Å². The Balaban J connectivity index is 1.11. The molecule has 0 amide bonds. The molecule has 0 radical (unpaired) electrons. The topological polar surface area (TPSA) is 182 Å². The third kappa shape index (κ3) is 4.45. The SMILES string of the molecule is O=C(Oc1c(CO)[nH]c2ccc3cc4ccccc4cc3c12)[C@@H]1O[C@@]2(O)[C@H](O)C=C[C@H]3[C@@H]4CC[C@H](O)[C@@H](Cc5ccc(O)cc5)[C@@H]4O[C@@H]1[C@]32O. The van der Waals surface area contributed by atoms with Crippen LogP contribution in [0.1, 0.15) is 24.1 Å². The van der Waals surface area contributed by atoms with E-state index in [-0.39, 0.29) is 23.1 Å². The van der Waals surface area contributed by atoms with E-state index in [1.807, 2.05) is 48.5 Å². The fourth-order valence-electron chi connectivity index (χ4n) is 9.14. The summed E-state index contributed by atoms with van der Waals surface area (Å²) in [5, 5.41) is 71.0. The first-order chi connectivity index (χ1) is 24.1. The van der Waals surface area contributed by atoms with Crippen molar-refractivity contribution in [3.05, 3.63) is 96.2 Å². The first-order valence-corrected chi connectivity index (χ1v) is 17.0. The normalized spacial score (nSPS) is 34.6. The molecule has 1 saturated carbocycles. The molecule has 0 bridgehead atoms. The lowest BCUT2D eigenvalue weighted by Gasteiger charge is -2.57. The maximum Gasteiger partial charge on any atom is 0.343 e. The average Bonchev–Trinajstić information content (AvgIpc) is 3.59. The molecule has 11 nitrogen and oxygen atoms in total. The summed E-state index contributed by atoms with van der Waals surface area (Å²) in [6, 6.07) is 22.4. The fraction of sp³-hybridized carbons (Fsp3) is 0.359. The standard InChI is InChI=1S/C39H37NO10/c41-18-29-34(32-25-17-21-4-2-1-3-20(21)16-22(25)7-12-28(32)40-29)49-37(45)35-36-38(46)27(11-14-31(44)39(38,47)50-35)24-10-13-30(43)26(33(24)48-36)15-19-5-8-23(42)9-6-19/h1-9,11-12,14,16-17,24,26-27,30-31,33,35-36,40-44,46-47H,10,13,15,18H2/t24-,26+,27-,30-,31+,33+,35+,36-,38+,39-/m0/s1. The Bertz CT molecular complexity index is 2180. The molecule has 4 aromatic carbocycles. The molecule has 3 heterocycles. The molecule has 2 aliphatic heterocycles. The smallest absolute Gasteiger partial charge is 0.343 e. The first kappa shape index (κ1) is 31.6. The van der Waals surface area contributed by atoms with Gasteiger partial charge in [0.05, 0.1) is 35.4 Å². The number of ether oxygens (including phenoxy) is 3. The molecule has 0 spiro atoms. The van der Waals surface area contributed by atoms with Gasteiger partial charge in [-0.2, -0.15) is 0 Å². The zero-order valence-corrected chi connectivity index (χ0v) is 26.8. The second-order valence-corrected chi connectivity index (χ2v) is 14.2. The van der Waals surface area contributed by atoms with E-state index in [1.54, 1.807) is 30.3 Å². The lowest BCUT2D eigenvalue weighted by molar-refractivity contribution is -0.338. The van der Waals surface area contributed by atoms with E-state index in [0.29, 0.717) is 30.2 Å². The molecular weight excluding hydrogens is 642 g/mol. The van der Waals surface area contributed by atoms with Crippen LogP contribution in [0.2, 0.25) is 0 Å². The van der Waals surface area contributed by atoms with Crippen LogP contribution in [0.5, 0.6) is 11.5 Å². The highest BCUT2D eigenvalue weighted by Gasteiger charge is 2.77. The number of aromatic hydroxyl groups is 1. The molecule has 7 N–H and O–H groups in total. The van der Waals surface area contributed by atoms with Gasteiger partial charge in [0.1, 0.15) is 18.0 Å². The number of carbonyl (C=O) groups is 1. The lowest BCUT2D eigenvalue weighted by Crippen LogP contribution is -2.73. The van der Waals surface area contributed by atoms with Crippen molar-refractivity contribution in [3.8, 4) is 11.5 Å². The number of hydrogen-bond donors (Lipinski definition) is 7. The number of benzene rings is 4. The Labute approximate surface area is 286 Å². The van der Waals surface area contributed by atoms with Crippen molar-refractivity contribution in [1.29, 1.82) is 0 Å². The van der Waals surface area contributed by atoms with Crippen molar-refractivity contribution in [1.82, 2.24) is 4.98 Å². The van der Waals surface area contributed by atoms with Gasteiger partial charge in [-0.3, -0.25) is 0 Å². The van der Waals surface area contributed by atoms with E-state index in [1.165, 1.54) is 6.08 Å². The van der Waals surface area contributed by atoms with Gasteiger partial charge in [-0.15, -0.1) is 0 Å². The molecular formula is C39H37NO10. The highest BCUT2D eigenvalue weighted by molar-refractivity contribution is 6.14. The maximum absolute atomic E-state index is 14.3. The molecule has 11 heteroatoms. The minimum Gasteiger partial charge on any atom is -0.508 e. The predicted molar refractivity (Wildman–Crippen MR) is 181 cm³/mol. The molecule has 0 unspecified atom stereocenters.